The summed E-state index contributed by atoms with van der Waals surface area (Å²) >= 11 is 11.9. The molecule has 0 aromatic heterocycles. The minimum Gasteiger partial charge on any atom is -0.481 e. The van der Waals surface area contributed by atoms with Crippen molar-refractivity contribution in [2.75, 3.05) is 6.54 Å². The van der Waals surface area contributed by atoms with E-state index in [2.05, 4.69) is 4.90 Å². The Bertz CT molecular complexity index is 553. The van der Waals surface area contributed by atoms with E-state index in [-0.39, 0.29) is 23.0 Å². The summed E-state index contributed by atoms with van der Waals surface area (Å²) in [6.45, 7) is 4.60. The Balaban J connectivity index is 2.19. The third-order valence-electron chi connectivity index (χ3n) is 4.26. The van der Waals surface area contributed by atoms with Gasteiger partial charge in [-0.3, -0.25) is 9.69 Å². The summed E-state index contributed by atoms with van der Waals surface area (Å²) < 4.78 is 13.7. The maximum Gasteiger partial charge on any atom is 0.306 e. The van der Waals surface area contributed by atoms with Gasteiger partial charge in [0.15, 0.2) is 0 Å². The Morgan fingerprint density at radius 1 is 1.43 bits per heavy atom. The van der Waals surface area contributed by atoms with Crippen LogP contribution in [0, 0.1) is 11.7 Å². The van der Waals surface area contributed by atoms with Crippen LogP contribution in [-0.4, -0.2) is 28.6 Å². The second-order valence-electron chi connectivity index (χ2n) is 5.61. The standard InChI is InChI=1S/C15H18Cl2FNO2/c1-8-5-10(15(20)21)3-4-19(8)9(2)11-6-14(18)13(17)7-12(11)16/h6-10H,3-5H2,1-2H3,(H,20,21). The van der Waals surface area contributed by atoms with Crippen molar-refractivity contribution >= 4 is 29.2 Å². The maximum atomic E-state index is 13.7. The average molecular weight is 334 g/mol. The van der Waals surface area contributed by atoms with Gasteiger partial charge in [0.2, 0.25) is 0 Å². The molecule has 1 saturated heterocycles. The molecular formula is C15H18Cl2FNO2. The molecule has 1 N–H and O–H groups in total. The number of aliphatic carboxylic acids is 1. The summed E-state index contributed by atoms with van der Waals surface area (Å²) in [7, 11) is 0. The van der Waals surface area contributed by atoms with Crippen molar-refractivity contribution in [3.05, 3.63) is 33.6 Å². The lowest BCUT2D eigenvalue weighted by Gasteiger charge is -2.40. The lowest BCUT2D eigenvalue weighted by molar-refractivity contribution is -0.144. The second kappa shape index (κ2) is 6.51. The fraction of sp³-hybridized carbons (Fsp3) is 0.533. The summed E-state index contributed by atoms with van der Waals surface area (Å²) in [6, 6.07) is 2.79. The molecule has 2 rings (SSSR count). The van der Waals surface area contributed by atoms with Crippen LogP contribution >= 0.6 is 23.2 Å². The molecule has 116 valence electrons. The maximum absolute atomic E-state index is 13.7. The van der Waals surface area contributed by atoms with E-state index in [1.807, 2.05) is 13.8 Å². The first-order valence-electron chi connectivity index (χ1n) is 6.94. The van der Waals surface area contributed by atoms with E-state index in [4.69, 9.17) is 28.3 Å². The molecule has 1 heterocycles. The van der Waals surface area contributed by atoms with E-state index >= 15 is 0 Å². The third-order valence-corrected chi connectivity index (χ3v) is 4.88. The number of carbonyl (C=O) groups is 1. The van der Waals surface area contributed by atoms with E-state index in [0.717, 1.165) is 0 Å². The number of hydrogen-bond donors (Lipinski definition) is 1. The highest BCUT2D eigenvalue weighted by atomic mass is 35.5. The summed E-state index contributed by atoms with van der Waals surface area (Å²) in [5.74, 6) is -1.54. The molecule has 0 saturated carbocycles. The zero-order valence-corrected chi connectivity index (χ0v) is 13.5. The van der Waals surface area contributed by atoms with Gasteiger partial charge in [-0.25, -0.2) is 4.39 Å². The highest BCUT2D eigenvalue weighted by Gasteiger charge is 2.33. The van der Waals surface area contributed by atoms with Crippen LogP contribution in [0.3, 0.4) is 0 Å². The van der Waals surface area contributed by atoms with Crippen molar-refractivity contribution < 1.29 is 14.3 Å². The Hall–Kier alpha value is -0.840. The van der Waals surface area contributed by atoms with Crippen molar-refractivity contribution in [2.24, 2.45) is 5.92 Å². The highest BCUT2D eigenvalue weighted by molar-refractivity contribution is 6.35. The molecule has 6 heteroatoms. The molecule has 0 spiro atoms. The van der Waals surface area contributed by atoms with E-state index in [0.29, 0.717) is 30.0 Å². The van der Waals surface area contributed by atoms with Gasteiger partial charge >= 0.3 is 5.97 Å². The van der Waals surface area contributed by atoms with Gasteiger partial charge in [0.1, 0.15) is 5.82 Å². The van der Waals surface area contributed by atoms with E-state index < -0.39 is 11.8 Å². The van der Waals surface area contributed by atoms with Crippen molar-refractivity contribution in [1.82, 2.24) is 4.90 Å². The van der Waals surface area contributed by atoms with Gasteiger partial charge in [0.25, 0.3) is 0 Å². The molecule has 3 atom stereocenters. The summed E-state index contributed by atoms with van der Waals surface area (Å²) in [6.07, 6.45) is 1.19. The number of carboxylic acids is 1. The molecule has 0 aliphatic carbocycles. The van der Waals surface area contributed by atoms with Gasteiger partial charge in [-0.15, -0.1) is 0 Å². The predicted octanol–water partition coefficient (Wildman–Crippen LogP) is 4.38. The van der Waals surface area contributed by atoms with Gasteiger partial charge in [0.05, 0.1) is 10.9 Å². The molecule has 0 amide bonds. The number of nitrogens with zero attached hydrogens (tertiary/aromatic N) is 1. The van der Waals surface area contributed by atoms with Crippen LogP contribution in [0.5, 0.6) is 0 Å². The largest absolute Gasteiger partial charge is 0.481 e. The van der Waals surface area contributed by atoms with Gasteiger partial charge < -0.3 is 5.11 Å². The molecule has 1 aromatic carbocycles. The third kappa shape index (κ3) is 3.50. The van der Waals surface area contributed by atoms with Crippen LogP contribution in [0.4, 0.5) is 4.39 Å². The first-order chi connectivity index (χ1) is 9.81. The van der Waals surface area contributed by atoms with Crippen molar-refractivity contribution in [2.45, 2.75) is 38.8 Å². The number of hydrogen-bond acceptors (Lipinski definition) is 2. The first kappa shape index (κ1) is 16.5. The molecule has 3 unspecified atom stereocenters. The van der Waals surface area contributed by atoms with Crippen LogP contribution in [-0.2, 0) is 4.79 Å². The number of benzene rings is 1. The van der Waals surface area contributed by atoms with Gasteiger partial charge in [-0.05, 0) is 50.9 Å². The van der Waals surface area contributed by atoms with E-state index in [9.17, 15) is 9.18 Å². The number of piperidine rings is 1. The van der Waals surface area contributed by atoms with E-state index in [1.165, 1.54) is 12.1 Å². The number of carboxylic acid groups (broad SMARTS) is 1. The molecule has 0 radical (unpaired) electrons. The fourth-order valence-corrected chi connectivity index (χ4v) is 3.57. The van der Waals surface area contributed by atoms with Crippen LogP contribution in [0.1, 0.15) is 38.3 Å². The molecule has 1 aromatic rings. The number of likely N-dealkylation sites (tertiary alicyclic amines) is 1. The van der Waals surface area contributed by atoms with Crippen LogP contribution in [0.25, 0.3) is 0 Å². The molecule has 3 nitrogen and oxygen atoms in total. The molecular weight excluding hydrogens is 316 g/mol. The minimum absolute atomic E-state index is 0.00795. The highest BCUT2D eigenvalue weighted by Crippen LogP contribution is 2.35. The zero-order valence-electron chi connectivity index (χ0n) is 11.9. The minimum atomic E-state index is -0.746. The lowest BCUT2D eigenvalue weighted by atomic mass is 9.89. The Morgan fingerprint density at radius 2 is 2.10 bits per heavy atom. The molecule has 1 aliphatic rings. The molecule has 0 bridgehead atoms. The van der Waals surface area contributed by atoms with Gasteiger partial charge in [-0.2, -0.15) is 0 Å². The first-order valence-corrected chi connectivity index (χ1v) is 7.69. The molecule has 1 fully saturated rings. The molecule has 21 heavy (non-hydrogen) atoms. The Morgan fingerprint density at radius 3 is 2.67 bits per heavy atom. The van der Waals surface area contributed by atoms with Crippen molar-refractivity contribution in [1.29, 1.82) is 0 Å². The Kier molecular flexibility index (Phi) is 5.12. The number of halogens is 3. The smallest absolute Gasteiger partial charge is 0.306 e. The van der Waals surface area contributed by atoms with Crippen LogP contribution < -0.4 is 0 Å². The normalized spacial score (nSPS) is 24.8. The second-order valence-corrected chi connectivity index (χ2v) is 6.42. The van der Waals surface area contributed by atoms with Crippen LogP contribution in [0.2, 0.25) is 10.0 Å². The fourth-order valence-electron chi connectivity index (χ4n) is 3.03. The number of rotatable bonds is 3. The predicted molar refractivity (Wildman–Crippen MR) is 81.4 cm³/mol. The monoisotopic (exact) mass is 333 g/mol. The van der Waals surface area contributed by atoms with Gasteiger partial charge in [0, 0.05) is 17.1 Å². The SMILES string of the molecule is CC1CC(C(=O)O)CCN1C(C)c1cc(F)c(Cl)cc1Cl. The van der Waals surface area contributed by atoms with Crippen LogP contribution in [0.15, 0.2) is 12.1 Å². The molecule has 1 aliphatic heterocycles. The van der Waals surface area contributed by atoms with Gasteiger partial charge in [-0.1, -0.05) is 23.2 Å². The lowest BCUT2D eigenvalue weighted by Crippen LogP contribution is -2.44. The Labute approximate surface area is 133 Å². The van der Waals surface area contributed by atoms with E-state index in [1.54, 1.807) is 0 Å². The van der Waals surface area contributed by atoms with Crippen molar-refractivity contribution in [3.63, 3.8) is 0 Å². The van der Waals surface area contributed by atoms with Crippen molar-refractivity contribution in [3.8, 4) is 0 Å². The average Bonchev–Trinajstić information content (AvgIpc) is 2.42. The zero-order chi connectivity index (χ0) is 15.7. The summed E-state index contributed by atoms with van der Waals surface area (Å²) in [5.41, 5.74) is 0.680. The quantitative estimate of drug-likeness (QED) is 0.834. The topological polar surface area (TPSA) is 40.5 Å². The summed E-state index contributed by atoms with van der Waals surface area (Å²) in [5, 5.41) is 9.54. The summed E-state index contributed by atoms with van der Waals surface area (Å²) in [4.78, 5) is 13.2.